The minimum atomic E-state index is -1.74. The minimum absolute atomic E-state index is 0.203. The maximum absolute atomic E-state index is 11.3. The molecule has 0 saturated carbocycles. The van der Waals surface area contributed by atoms with Gasteiger partial charge < -0.3 is 14.6 Å². The van der Waals surface area contributed by atoms with Gasteiger partial charge in [-0.1, -0.05) is 11.8 Å². The Morgan fingerprint density at radius 1 is 1.29 bits per heavy atom. The Morgan fingerprint density at radius 3 is 2.35 bits per heavy atom. The van der Waals surface area contributed by atoms with Crippen LogP contribution >= 0.6 is 0 Å². The summed E-state index contributed by atoms with van der Waals surface area (Å²) < 4.78 is 10.1. The van der Waals surface area contributed by atoms with E-state index < -0.39 is 11.6 Å². The van der Waals surface area contributed by atoms with Gasteiger partial charge in [-0.2, -0.15) is 0 Å². The maximum Gasteiger partial charge on any atom is 0.350 e. The molecule has 0 aromatic heterocycles. The molecule has 98 valence electrons. The molecule has 0 bridgehead atoms. The van der Waals surface area contributed by atoms with E-state index in [-0.39, 0.29) is 12.2 Å². The van der Waals surface area contributed by atoms with Gasteiger partial charge in [-0.25, -0.2) is 4.79 Å². The zero-order valence-electron chi connectivity index (χ0n) is 11.3. The van der Waals surface area contributed by atoms with Crippen LogP contribution in [-0.4, -0.2) is 35.5 Å². The van der Waals surface area contributed by atoms with Crippen LogP contribution < -0.4 is 0 Å². The number of hydrogen-bond acceptors (Lipinski definition) is 4. The van der Waals surface area contributed by atoms with Gasteiger partial charge in [0.1, 0.15) is 0 Å². The molecule has 4 heteroatoms. The molecule has 0 heterocycles. The normalized spacial score (nSPS) is 14.5. The highest BCUT2D eigenvalue weighted by molar-refractivity contribution is 5.82. The van der Waals surface area contributed by atoms with Crippen LogP contribution in [0.5, 0.6) is 0 Å². The highest BCUT2D eigenvalue weighted by atomic mass is 16.5. The van der Waals surface area contributed by atoms with Gasteiger partial charge >= 0.3 is 5.97 Å². The number of aliphatic hydroxyl groups is 1. The summed E-state index contributed by atoms with van der Waals surface area (Å²) in [5.74, 6) is 4.47. The Kier molecular flexibility index (Phi) is 6.22. The van der Waals surface area contributed by atoms with Gasteiger partial charge in [-0.3, -0.25) is 0 Å². The number of rotatable bonds is 4. The van der Waals surface area contributed by atoms with Crippen molar-refractivity contribution in [2.45, 2.75) is 52.2 Å². The van der Waals surface area contributed by atoms with Gasteiger partial charge in [0, 0.05) is 6.42 Å². The number of carbonyl (C=O) groups excluding carboxylic acids is 1. The average Bonchev–Trinajstić information content (AvgIpc) is 2.15. The fraction of sp³-hybridized carbons (Fsp3) is 0.769. The zero-order valence-corrected chi connectivity index (χ0v) is 11.3. The van der Waals surface area contributed by atoms with Gasteiger partial charge in [0.15, 0.2) is 0 Å². The molecule has 0 fully saturated rings. The molecule has 1 atom stereocenters. The molecule has 17 heavy (non-hydrogen) atoms. The predicted molar refractivity (Wildman–Crippen MR) is 65.4 cm³/mol. The highest BCUT2D eigenvalue weighted by Gasteiger charge is 2.29. The predicted octanol–water partition coefficient (Wildman–Crippen LogP) is 1.51. The maximum atomic E-state index is 11.3. The second-order valence-corrected chi connectivity index (χ2v) is 4.81. The summed E-state index contributed by atoms with van der Waals surface area (Å²) in [4.78, 5) is 11.3. The molecule has 0 amide bonds. The second kappa shape index (κ2) is 6.63. The van der Waals surface area contributed by atoms with Gasteiger partial charge in [0.2, 0.25) is 5.60 Å². The molecular weight excluding hydrogens is 220 g/mol. The van der Waals surface area contributed by atoms with Crippen LogP contribution in [0.2, 0.25) is 0 Å². The molecule has 0 aliphatic carbocycles. The first-order valence-corrected chi connectivity index (χ1v) is 5.72. The van der Waals surface area contributed by atoms with Crippen molar-refractivity contribution in [2.75, 3.05) is 13.2 Å². The summed E-state index contributed by atoms with van der Waals surface area (Å²) in [5, 5.41) is 9.68. The SMILES string of the molecule is CCOC(=O)C(C)(O)C#CCCOC(C)(C)C. The summed E-state index contributed by atoms with van der Waals surface area (Å²) in [6.45, 7) is 9.56. The van der Waals surface area contributed by atoms with E-state index in [0.717, 1.165) is 0 Å². The second-order valence-electron chi connectivity index (χ2n) is 4.81. The van der Waals surface area contributed by atoms with Crippen LogP contribution in [0.3, 0.4) is 0 Å². The summed E-state index contributed by atoms with van der Waals surface area (Å²) in [6, 6.07) is 0. The summed E-state index contributed by atoms with van der Waals surface area (Å²) in [5.41, 5.74) is -1.94. The smallest absolute Gasteiger partial charge is 0.350 e. The number of ether oxygens (including phenoxy) is 2. The fourth-order valence-electron chi connectivity index (χ4n) is 0.966. The van der Waals surface area contributed by atoms with Crippen LogP contribution in [-0.2, 0) is 14.3 Å². The summed E-state index contributed by atoms with van der Waals surface area (Å²) in [6.07, 6.45) is 0.465. The van der Waals surface area contributed by atoms with E-state index >= 15 is 0 Å². The van der Waals surface area contributed by atoms with Crippen LogP contribution in [0.1, 0.15) is 41.0 Å². The standard InChI is InChI=1S/C13H22O4/c1-6-16-11(14)13(5,15)9-7-8-10-17-12(2,3)4/h15H,6,8,10H2,1-5H3. The van der Waals surface area contributed by atoms with Crippen molar-refractivity contribution in [3.8, 4) is 11.8 Å². The van der Waals surface area contributed by atoms with E-state index in [9.17, 15) is 9.90 Å². The van der Waals surface area contributed by atoms with E-state index in [1.807, 2.05) is 20.8 Å². The van der Waals surface area contributed by atoms with Gasteiger partial charge in [-0.05, 0) is 34.6 Å². The van der Waals surface area contributed by atoms with Crippen LogP contribution in [0, 0.1) is 11.8 Å². The molecule has 1 N–H and O–H groups in total. The van der Waals surface area contributed by atoms with E-state index in [1.165, 1.54) is 6.92 Å². The van der Waals surface area contributed by atoms with Gasteiger partial charge in [0.25, 0.3) is 0 Å². The van der Waals surface area contributed by atoms with E-state index in [0.29, 0.717) is 13.0 Å². The number of carbonyl (C=O) groups is 1. The molecular formula is C13H22O4. The number of esters is 1. The third-order valence-corrected chi connectivity index (χ3v) is 1.77. The van der Waals surface area contributed by atoms with Crippen molar-refractivity contribution in [1.82, 2.24) is 0 Å². The Hall–Kier alpha value is -1.05. The Labute approximate surface area is 103 Å². The Bertz CT molecular complexity index is 302. The summed E-state index contributed by atoms with van der Waals surface area (Å²) >= 11 is 0. The topological polar surface area (TPSA) is 55.8 Å². The van der Waals surface area contributed by atoms with Crippen molar-refractivity contribution < 1.29 is 19.4 Å². The first-order chi connectivity index (χ1) is 7.69. The molecule has 1 unspecified atom stereocenters. The highest BCUT2D eigenvalue weighted by Crippen LogP contribution is 2.07. The molecule has 0 aliphatic heterocycles. The monoisotopic (exact) mass is 242 g/mol. The van der Waals surface area contributed by atoms with Crippen molar-refractivity contribution in [3.63, 3.8) is 0 Å². The van der Waals surface area contributed by atoms with Crippen molar-refractivity contribution >= 4 is 5.97 Å². The first-order valence-electron chi connectivity index (χ1n) is 5.72. The van der Waals surface area contributed by atoms with Crippen molar-refractivity contribution in [2.24, 2.45) is 0 Å². The Morgan fingerprint density at radius 2 is 1.88 bits per heavy atom. The first kappa shape index (κ1) is 16.0. The van der Waals surface area contributed by atoms with E-state index in [1.54, 1.807) is 6.92 Å². The molecule has 0 aromatic rings. The lowest BCUT2D eigenvalue weighted by molar-refractivity contribution is -0.157. The molecule has 0 aromatic carbocycles. The third kappa shape index (κ3) is 7.78. The minimum Gasteiger partial charge on any atom is -0.463 e. The van der Waals surface area contributed by atoms with Crippen molar-refractivity contribution in [3.05, 3.63) is 0 Å². The molecule has 0 rings (SSSR count). The molecule has 0 spiro atoms. The lowest BCUT2D eigenvalue weighted by Crippen LogP contribution is -2.35. The molecule has 0 aliphatic rings. The average molecular weight is 242 g/mol. The lowest BCUT2D eigenvalue weighted by Gasteiger charge is -2.18. The molecule has 4 nitrogen and oxygen atoms in total. The largest absolute Gasteiger partial charge is 0.463 e. The molecule has 0 radical (unpaired) electrons. The van der Waals surface area contributed by atoms with E-state index in [2.05, 4.69) is 11.8 Å². The lowest BCUT2D eigenvalue weighted by atomic mass is 10.1. The van der Waals surface area contributed by atoms with Crippen LogP contribution in [0.4, 0.5) is 0 Å². The fourth-order valence-corrected chi connectivity index (χ4v) is 0.966. The van der Waals surface area contributed by atoms with Gasteiger partial charge in [-0.15, -0.1) is 0 Å². The summed E-state index contributed by atoms with van der Waals surface area (Å²) in [7, 11) is 0. The Balaban J connectivity index is 4.12. The zero-order chi connectivity index (χ0) is 13.5. The van der Waals surface area contributed by atoms with Crippen LogP contribution in [0.15, 0.2) is 0 Å². The quantitative estimate of drug-likeness (QED) is 0.461. The van der Waals surface area contributed by atoms with Crippen molar-refractivity contribution in [1.29, 1.82) is 0 Å². The third-order valence-electron chi connectivity index (χ3n) is 1.77. The van der Waals surface area contributed by atoms with Crippen LogP contribution in [0.25, 0.3) is 0 Å². The number of hydrogen-bond donors (Lipinski definition) is 1. The molecule has 0 saturated heterocycles. The van der Waals surface area contributed by atoms with Gasteiger partial charge in [0.05, 0.1) is 18.8 Å². The van der Waals surface area contributed by atoms with E-state index in [4.69, 9.17) is 9.47 Å².